The molecule has 0 amide bonds. The summed E-state index contributed by atoms with van der Waals surface area (Å²) in [7, 11) is -2.02. The fraction of sp³-hybridized carbons (Fsp3) is 0.273. The van der Waals surface area contributed by atoms with Crippen LogP contribution in [0.4, 0.5) is 0 Å². The predicted molar refractivity (Wildman–Crippen MR) is 59.2 cm³/mol. The molecule has 15 heavy (non-hydrogen) atoms. The lowest BCUT2D eigenvalue weighted by Gasteiger charge is -2.13. The Morgan fingerprint density at radius 3 is 2.33 bits per heavy atom. The summed E-state index contributed by atoms with van der Waals surface area (Å²) in [5, 5.41) is 0. The average Bonchev–Trinajstić information content (AvgIpc) is 2.28. The molecule has 0 N–H and O–H groups in total. The van der Waals surface area contributed by atoms with E-state index in [0.29, 0.717) is 0 Å². The van der Waals surface area contributed by atoms with Crippen molar-refractivity contribution < 1.29 is 13.2 Å². The zero-order valence-corrected chi connectivity index (χ0v) is 9.62. The van der Waals surface area contributed by atoms with Gasteiger partial charge in [-0.1, -0.05) is 24.8 Å². The van der Waals surface area contributed by atoms with Crippen LogP contribution in [0.2, 0.25) is 0 Å². The fourth-order valence-electron chi connectivity index (χ4n) is 1.10. The SMILES string of the molecule is C=C(C(C)OC)S(=O)(=O)c1ccccc1. The number of hydrogen-bond acceptors (Lipinski definition) is 3. The van der Waals surface area contributed by atoms with Gasteiger partial charge in [-0.2, -0.15) is 0 Å². The molecule has 1 aromatic carbocycles. The molecule has 3 nitrogen and oxygen atoms in total. The van der Waals surface area contributed by atoms with Crippen LogP contribution in [0.5, 0.6) is 0 Å². The van der Waals surface area contributed by atoms with Crippen molar-refractivity contribution in [3.63, 3.8) is 0 Å². The van der Waals surface area contributed by atoms with E-state index < -0.39 is 15.9 Å². The Balaban J connectivity index is 3.10. The van der Waals surface area contributed by atoms with Crippen molar-refractivity contribution in [2.75, 3.05) is 7.11 Å². The zero-order chi connectivity index (χ0) is 11.5. The highest BCUT2D eigenvalue weighted by atomic mass is 32.2. The summed E-state index contributed by atoms with van der Waals surface area (Å²) in [5.41, 5.74) is 0. The topological polar surface area (TPSA) is 43.4 Å². The van der Waals surface area contributed by atoms with E-state index in [1.165, 1.54) is 7.11 Å². The molecule has 1 atom stereocenters. The number of benzene rings is 1. The Morgan fingerprint density at radius 1 is 1.33 bits per heavy atom. The van der Waals surface area contributed by atoms with Gasteiger partial charge in [0, 0.05) is 7.11 Å². The van der Waals surface area contributed by atoms with Gasteiger partial charge in [0.2, 0.25) is 9.84 Å². The number of ether oxygens (including phenoxy) is 1. The van der Waals surface area contributed by atoms with Crippen molar-refractivity contribution in [1.29, 1.82) is 0 Å². The molecule has 0 bridgehead atoms. The van der Waals surface area contributed by atoms with Crippen molar-refractivity contribution >= 4 is 9.84 Å². The molecule has 0 aliphatic rings. The Labute approximate surface area is 90.3 Å². The molecule has 82 valence electrons. The lowest BCUT2D eigenvalue weighted by Crippen LogP contribution is -2.16. The Bertz CT molecular complexity index is 434. The molecule has 0 aromatic heterocycles. The average molecular weight is 226 g/mol. The normalized spacial score (nSPS) is 13.5. The molecule has 0 fully saturated rings. The van der Waals surface area contributed by atoms with Gasteiger partial charge in [-0.25, -0.2) is 8.42 Å². The number of methoxy groups -OCH3 is 1. The number of sulfone groups is 1. The second-order valence-corrected chi connectivity index (χ2v) is 5.16. The van der Waals surface area contributed by atoms with Gasteiger partial charge in [0.05, 0.1) is 15.9 Å². The number of rotatable bonds is 4. The molecule has 0 aliphatic carbocycles. The van der Waals surface area contributed by atoms with Crippen LogP contribution in [-0.4, -0.2) is 21.6 Å². The standard InChI is InChI=1S/C11H14O3S/c1-9(14-3)10(2)15(12,13)11-7-5-4-6-8-11/h4-9H,2H2,1,3H3. The van der Waals surface area contributed by atoms with Crippen molar-refractivity contribution in [2.45, 2.75) is 17.9 Å². The van der Waals surface area contributed by atoms with Crippen LogP contribution in [0.25, 0.3) is 0 Å². The van der Waals surface area contributed by atoms with Crippen LogP contribution in [0.1, 0.15) is 6.92 Å². The van der Waals surface area contributed by atoms with E-state index in [0.717, 1.165) is 0 Å². The molecule has 4 heteroatoms. The van der Waals surface area contributed by atoms with Crippen LogP contribution in [0, 0.1) is 0 Å². The van der Waals surface area contributed by atoms with E-state index in [1.54, 1.807) is 37.3 Å². The van der Waals surface area contributed by atoms with E-state index in [1.807, 2.05) is 0 Å². The highest BCUT2D eigenvalue weighted by molar-refractivity contribution is 7.95. The summed E-state index contributed by atoms with van der Waals surface area (Å²) in [6.45, 7) is 5.22. The molecular weight excluding hydrogens is 212 g/mol. The van der Waals surface area contributed by atoms with Gasteiger partial charge in [-0.05, 0) is 19.1 Å². The monoisotopic (exact) mass is 226 g/mol. The van der Waals surface area contributed by atoms with Crippen LogP contribution in [0.15, 0.2) is 46.7 Å². The van der Waals surface area contributed by atoms with Crippen LogP contribution < -0.4 is 0 Å². The summed E-state index contributed by atoms with van der Waals surface area (Å²) in [6, 6.07) is 8.21. The first kappa shape index (κ1) is 11.9. The quantitative estimate of drug-likeness (QED) is 0.788. The lowest BCUT2D eigenvalue weighted by molar-refractivity contribution is 0.153. The van der Waals surface area contributed by atoms with Gasteiger partial charge in [-0.15, -0.1) is 0 Å². The Hall–Kier alpha value is -1.13. The van der Waals surface area contributed by atoms with Gasteiger partial charge in [0.1, 0.15) is 0 Å². The van der Waals surface area contributed by atoms with Gasteiger partial charge in [0.15, 0.2) is 0 Å². The third-order valence-corrected chi connectivity index (χ3v) is 4.12. The number of hydrogen-bond donors (Lipinski definition) is 0. The Morgan fingerprint density at radius 2 is 1.87 bits per heavy atom. The summed E-state index contributed by atoms with van der Waals surface area (Å²) in [4.78, 5) is 0.329. The highest BCUT2D eigenvalue weighted by Gasteiger charge is 2.22. The van der Waals surface area contributed by atoms with Crippen molar-refractivity contribution in [2.24, 2.45) is 0 Å². The molecule has 0 spiro atoms. The molecule has 0 radical (unpaired) electrons. The van der Waals surface area contributed by atoms with Crippen LogP contribution in [-0.2, 0) is 14.6 Å². The van der Waals surface area contributed by atoms with E-state index in [-0.39, 0.29) is 9.80 Å². The first-order valence-electron chi connectivity index (χ1n) is 4.52. The zero-order valence-electron chi connectivity index (χ0n) is 8.80. The second-order valence-electron chi connectivity index (χ2n) is 3.16. The highest BCUT2D eigenvalue weighted by Crippen LogP contribution is 2.20. The first-order chi connectivity index (χ1) is 7.00. The van der Waals surface area contributed by atoms with Gasteiger partial charge < -0.3 is 4.74 Å². The fourth-order valence-corrected chi connectivity index (χ4v) is 2.45. The molecule has 0 saturated heterocycles. The van der Waals surface area contributed by atoms with Crippen molar-refractivity contribution in [1.82, 2.24) is 0 Å². The molecule has 0 aliphatic heterocycles. The van der Waals surface area contributed by atoms with Gasteiger partial charge in [0.25, 0.3) is 0 Å². The van der Waals surface area contributed by atoms with Crippen LogP contribution in [0.3, 0.4) is 0 Å². The predicted octanol–water partition coefficient (Wildman–Crippen LogP) is 2.01. The summed E-state index contributed by atoms with van der Waals surface area (Å²) >= 11 is 0. The largest absolute Gasteiger partial charge is 0.376 e. The summed E-state index contributed by atoms with van der Waals surface area (Å²) in [5.74, 6) is 0. The molecule has 0 saturated carbocycles. The first-order valence-corrected chi connectivity index (χ1v) is 6.00. The molecular formula is C11H14O3S. The van der Waals surface area contributed by atoms with Gasteiger partial charge >= 0.3 is 0 Å². The molecule has 1 rings (SSSR count). The molecule has 0 heterocycles. The van der Waals surface area contributed by atoms with Crippen LogP contribution >= 0.6 is 0 Å². The maximum absolute atomic E-state index is 12.0. The van der Waals surface area contributed by atoms with E-state index in [9.17, 15) is 8.42 Å². The maximum Gasteiger partial charge on any atom is 0.204 e. The van der Waals surface area contributed by atoms with E-state index in [2.05, 4.69) is 6.58 Å². The third-order valence-electron chi connectivity index (χ3n) is 2.21. The van der Waals surface area contributed by atoms with E-state index >= 15 is 0 Å². The maximum atomic E-state index is 12.0. The molecule has 1 unspecified atom stereocenters. The van der Waals surface area contributed by atoms with Crippen molar-refractivity contribution in [3.05, 3.63) is 41.8 Å². The molecule has 1 aromatic rings. The third kappa shape index (κ3) is 2.46. The minimum absolute atomic E-state index is 0.0798. The van der Waals surface area contributed by atoms with Gasteiger partial charge in [-0.3, -0.25) is 0 Å². The minimum Gasteiger partial charge on any atom is -0.376 e. The summed E-state index contributed by atoms with van der Waals surface area (Å²) < 4.78 is 28.8. The minimum atomic E-state index is -3.47. The van der Waals surface area contributed by atoms with Crippen molar-refractivity contribution in [3.8, 4) is 0 Å². The van der Waals surface area contributed by atoms with E-state index in [4.69, 9.17) is 4.74 Å². The second kappa shape index (κ2) is 4.59. The lowest BCUT2D eigenvalue weighted by atomic mass is 10.4. The smallest absolute Gasteiger partial charge is 0.204 e. The summed E-state index contributed by atoms with van der Waals surface area (Å²) in [6.07, 6.45) is -0.504. The Kier molecular flexibility index (Phi) is 3.66.